The van der Waals surface area contributed by atoms with E-state index in [1.54, 1.807) is 7.11 Å². The molecule has 2 rings (SSSR count). The summed E-state index contributed by atoms with van der Waals surface area (Å²) in [7, 11) is 1.69. The first-order valence-electron chi connectivity index (χ1n) is 4.33. The van der Waals surface area contributed by atoms with Crippen LogP contribution < -0.4 is 0 Å². The minimum Gasteiger partial charge on any atom is -0.428 e. The van der Waals surface area contributed by atoms with Gasteiger partial charge in [0.25, 0.3) is 5.35 Å². The van der Waals surface area contributed by atoms with Gasteiger partial charge in [0, 0.05) is 7.11 Å². The fourth-order valence-electron chi connectivity index (χ4n) is 1.32. The van der Waals surface area contributed by atoms with E-state index in [1.807, 2.05) is 18.2 Å². The molecule has 1 aromatic heterocycles. The smallest absolute Gasteiger partial charge is 0.293 e. The van der Waals surface area contributed by atoms with Crippen molar-refractivity contribution < 1.29 is 9.15 Å². The number of aromatic nitrogens is 1. The third-order valence-electron chi connectivity index (χ3n) is 2.02. The van der Waals surface area contributed by atoms with Gasteiger partial charge in [-0.1, -0.05) is 6.07 Å². The van der Waals surface area contributed by atoms with Gasteiger partial charge in [0.15, 0.2) is 5.58 Å². The van der Waals surface area contributed by atoms with Crippen molar-refractivity contribution >= 4 is 22.7 Å². The lowest BCUT2D eigenvalue weighted by molar-refractivity contribution is 0.202. The van der Waals surface area contributed by atoms with Crippen LogP contribution in [0.4, 0.5) is 0 Å². The van der Waals surface area contributed by atoms with E-state index in [9.17, 15) is 0 Å². The molecule has 0 N–H and O–H groups in total. The molecule has 0 bridgehead atoms. The molecule has 0 radical (unpaired) electrons. The lowest BCUT2D eigenvalue weighted by atomic mass is 10.1. The zero-order chi connectivity index (χ0) is 9.97. The average Bonchev–Trinajstić information content (AvgIpc) is 2.54. The molecule has 0 aliphatic carbocycles. The van der Waals surface area contributed by atoms with Crippen LogP contribution in [-0.2, 0) is 11.2 Å². The summed E-state index contributed by atoms with van der Waals surface area (Å²) in [4.78, 5) is 4.04. The Labute approximate surface area is 86.6 Å². The Morgan fingerprint density at radius 1 is 1.50 bits per heavy atom. The molecule has 2 aromatic rings. The first-order valence-corrected chi connectivity index (χ1v) is 4.71. The predicted octanol–water partition coefficient (Wildman–Crippen LogP) is 2.67. The summed E-state index contributed by atoms with van der Waals surface area (Å²) >= 11 is 5.64. The molecular weight excluding hydrogens is 202 g/mol. The van der Waals surface area contributed by atoms with Gasteiger partial charge in [-0.15, -0.1) is 0 Å². The third kappa shape index (κ3) is 1.89. The second-order valence-electron chi connectivity index (χ2n) is 3.01. The van der Waals surface area contributed by atoms with Crippen LogP contribution in [0.2, 0.25) is 5.35 Å². The topological polar surface area (TPSA) is 35.3 Å². The van der Waals surface area contributed by atoms with Crippen LogP contribution in [0.5, 0.6) is 0 Å². The number of nitrogens with zero attached hydrogens (tertiary/aromatic N) is 1. The van der Waals surface area contributed by atoms with Crippen LogP contribution >= 0.6 is 11.6 Å². The lowest BCUT2D eigenvalue weighted by Gasteiger charge is -1.98. The average molecular weight is 212 g/mol. The predicted molar refractivity (Wildman–Crippen MR) is 54.6 cm³/mol. The van der Waals surface area contributed by atoms with E-state index < -0.39 is 0 Å². The van der Waals surface area contributed by atoms with Crippen molar-refractivity contribution in [1.29, 1.82) is 0 Å². The number of fused-ring (bicyclic) bond motifs is 1. The number of hydrogen-bond acceptors (Lipinski definition) is 3. The zero-order valence-corrected chi connectivity index (χ0v) is 8.54. The normalized spacial score (nSPS) is 11.0. The number of benzene rings is 1. The molecule has 3 nitrogen and oxygen atoms in total. The van der Waals surface area contributed by atoms with Crippen molar-refractivity contribution in [1.82, 2.24) is 4.98 Å². The second kappa shape index (κ2) is 3.98. The van der Waals surface area contributed by atoms with Gasteiger partial charge in [-0.05, 0) is 35.7 Å². The van der Waals surface area contributed by atoms with Gasteiger partial charge in [-0.2, -0.15) is 4.98 Å². The van der Waals surface area contributed by atoms with E-state index in [0.29, 0.717) is 6.61 Å². The van der Waals surface area contributed by atoms with Crippen LogP contribution in [0.25, 0.3) is 11.1 Å². The molecule has 0 unspecified atom stereocenters. The molecule has 1 aromatic carbocycles. The summed E-state index contributed by atoms with van der Waals surface area (Å²) in [6.07, 6.45) is 0.872. The van der Waals surface area contributed by atoms with Gasteiger partial charge in [0.2, 0.25) is 0 Å². The van der Waals surface area contributed by atoms with E-state index in [0.717, 1.165) is 17.5 Å². The molecule has 4 heteroatoms. The van der Waals surface area contributed by atoms with Crippen molar-refractivity contribution in [2.24, 2.45) is 0 Å². The molecule has 14 heavy (non-hydrogen) atoms. The lowest BCUT2D eigenvalue weighted by Crippen LogP contribution is -1.93. The van der Waals surface area contributed by atoms with Crippen molar-refractivity contribution in [2.75, 3.05) is 13.7 Å². The van der Waals surface area contributed by atoms with Gasteiger partial charge < -0.3 is 9.15 Å². The number of hydrogen-bond donors (Lipinski definition) is 0. The largest absolute Gasteiger partial charge is 0.428 e. The Kier molecular flexibility index (Phi) is 2.70. The van der Waals surface area contributed by atoms with Crippen LogP contribution in [-0.4, -0.2) is 18.7 Å². The van der Waals surface area contributed by atoms with Crippen molar-refractivity contribution in [3.05, 3.63) is 29.1 Å². The summed E-state index contributed by atoms with van der Waals surface area (Å²) in [6.45, 7) is 0.705. The first kappa shape index (κ1) is 9.49. The molecule has 1 heterocycles. The highest BCUT2D eigenvalue weighted by molar-refractivity contribution is 6.28. The fraction of sp³-hybridized carbons (Fsp3) is 0.300. The van der Waals surface area contributed by atoms with Gasteiger partial charge in [-0.3, -0.25) is 0 Å². The van der Waals surface area contributed by atoms with E-state index in [-0.39, 0.29) is 5.35 Å². The van der Waals surface area contributed by atoms with Gasteiger partial charge in [0.1, 0.15) is 5.52 Å². The third-order valence-corrected chi connectivity index (χ3v) is 2.18. The molecule has 0 atom stereocenters. The van der Waals surface area contributed by atoms with E-state index in [4.69, 9.17) is 20.8 Å². The van der Waals surface area contributed by atoms with Crippen LogP contribution in [0.1, 0.15) is 5.56 Å². The monoisotopic (exact) mass is 211 g/mol. The Bertz CT molecular complexity index is 439. The molecule has 0 saturated heterocycles. The first-order chi connectivity index (χ1) is 6.79. The minimum absolute atomic E-state index is 0.184. The zero-order valence-electron chi connectivity index (χ0n) is 7.79. The highest BCUT2D eigenvalue weighted by Gasteiger charge is 2.03. The molecule has 0 aliphatic heterocycles. The minimum atomic E-state index is 0.184. The summed E-state index contributed by atoms with van der Waals surface area (Å²) in [6, 6.07) is 5.83. The molecule has 0 aliphatic rings. The summed E-state index contributed by atoms with van der Waals surface area (Å²) in [5.74, 6) is 0. The maximum absolute atomic E-state index is 5.64. The van der Waals surface area contributed by atoms with Gasteiger partial charge in [-0.25, -0.2) is 0 Å². The summed E-state index contributed by atoms with van der Waals surface area (Å²) in [5, 5.41) is 0.184. The summed E-state index contributed by atoms with van der Waals surface area (Å²) < 4.78 is 10.1. The van der Waals surface area contributed by atoms with Crippen LogP contribution in [0, 0.1) is 0 Å². The van der Waals surface area contributed by atoms with E-state index in [1.165, 1.54) is 5.56 Å². The molecular formula is C10H10ClNO2. The van der Waals surface area contributed by atoms with Gasteiger partial charge >= 0.3 is 0 Å². The molecule has 0 fully saturated rings. The number of rotatable bonds is 3. The van der Waals surface area contributed by atoms with E-state index >= 15 is 0 Å². The van der Waals surface area contributed by atoms with Crippen LogP contribution in [0.3, 0.4) is 0 Å². The molecule has 0 amide bonds. The number of methoxy groups -OCH3 is 1. The molecule has 0 spiro atoms. The Hall–Kier alpha value is -1.06. The van der Waals surface area contributed by atoms with E-state index in [2.05, 4.69) is 4.98 Å². The Morgan fingerprint density at radius 3 is 3.14 bits per heavy atom. The van der Waals surface area contributed by atoms with Gasteiger partial charge in [0.05, 0.1) is 6.61 Å². The van der Waals surface area contributed by atoms with Crippen LogP contribution in [0.15, 0.2) is 22.6 Å². The number of halogens is 1. The standard InChI is InChI=1S/C10H10ClNO2/c1-13-5-4-7-2-3-9-8(6-7)12-10(11)14-9/h2-3,6H,4-5H2,1H3. The highest BCUT2D eigenvalue weighted by Crippen LogP contribution is 2.20. The number of oxazole rings is 1. The quantitative estimate of drug-likeness (QED) is 0.783. The second-order valence-corrected chi connectivity index (χ2v) is 3.34. The van der Waals surface area contributed by atoms with Crippen molar-refractivity contribution in [3.8, 4) is 0 Å². The highest BCUT2D eigenvalue weighted by atomic mass is 35.5. The maximum atomic E-state index is 5.64. The maximum Gasteiger partial charge on any atom is 0.293 e. The molecule has 74 valence electrons. The SMILES string of the molecule is COCCc1ccc2oc(Cl)nc2c1. The molecule has 0 saturated carbocycles. The number of ether oxygens (including phenoxy) is 1. The fourth-order valence-corrected chi connectivity index (χ4v) is 1.49. The Balaban J connectivity index is 2.31. The van der Waals surface area contributed by atoms with Crippen molar-refractivity contribution in [2.45, 2.75) is 6.42 Å². The van der Waals surface area contributed by atoms with Crippen molar-refractivity contribution in [3.63, 3.8) is 0 Å². The Morgan fingerprint density at radius 2 is 2.36 bits per heavy atom. The summed E-state index contributed by atoms with van der Waals surface area (Å²) in [5.41, 5.74) is 2.68.